The topological polar surface area (TPSA) is 102 Å². The van der Waals surface area contributed by atoms with Gasteiger partial charge < -0.3 is 15.6 Å². The van der Waals surface area contributed by atoms with Gasteiger partial charge in [0.25, 0.3) is 5.89 Å². The average Bonchev–Trinajstić information content (AvgIpc) is 3.11. The van der Waals surface area contributed by atoms with Crippen LogP contribution in [-0.4, -0.2) is 20.9 Å². The second-order valence-electron chi connectivity index (χ2n) is 5.72. The normalized spacial score (nSPS) is 10.9. The van der Waals surface area contributed by atoms with Crippen molar-refractivity contribution in [1.29, 1.82) is 5.41 Å². The Morgan fingerprint density at radius 2 is 1.72 bits per heavy atom. The highest BCUT2D eigenvalue weighted by atomic mass is 16.4. The van der Waals surface area contributed by atoms with Crippen molar-refractivity contribution in [2.24, 2.45) is 0 Å². The lowest BCUT2D eigenvalue weighted by Crippen LogP contribution is -1.95. The van der Waals surface area contributed by atoms with Gasteiger partial charge in [-0.25, -0.2) is 4.98 Å². The summed E-state index contributed by atoms with van der Waals surface area (Å²) in [6, 6.07) is 15.2. The summed E-state index contributed by atoms with van der Waals surface area (Å²) in [6.07, 6.45) is 1.73. The zero-order valence-electron chi connectivity index (χ0n) is 13.5. The number of anilines is 1. The van der Waals surface area contributed by atoms with Gasteiger partial charge in [0.15, 0.2) is 0 Å². The number of benzene rings is 2. The Morgan fingerprint density at radius 3 is 2.48 bits per heavy atom. The minimum Gasteiger partial charge on any atom is -0.416 e. The monoisotopic (exact) mass is 329 g/mol. The molecule has 6 heteroatoms. The number of nitrogens with two attached hydrogens (primary N) is 1. The summed E-state index contributed by atoms with van der Waals surface area (Å²) >= 11 is 0. The lowest BCUT2D eigenvalue weighted by Gasteiger charge is -2.05. The maximum atomic E-state index is 7.65. The van der Waals surface area contributed by atoms with Crippen molar-refractivity contribution < 1.29 is 4.42 Å². The number of aromatic nitrogens is 3. The summed E-state index contributed by atoms with van der Waals surface area (Å²) in [6.45, 7) is 1.75. The minimum absolute atomic E-state index is 0.337. The molecule has 0 atom stereocenters. The summed E-state index contributed by atoms with van der Waals surface area (Å²) in [5.74, 6) is 1.09. The predicted octanol–water partition coefficient (Wildman–Crippen LogP) is 3.92. The Kier molecular flexibility index (Phi) is 3.50. The molecule has 25 heavy (non-hydrogen) atoms. The number of hydrogen-bond acceptors (Lipinski definition) is 6. The van der Waals surface area contributed by atoms with Crippen LogP contribution >= 0.6 is 0 Å². The smallest absolute Gasteiger partial charge is 0.252 e. The number of fused-ring (bicyclic) bond motifs is 1. The Labute approximate surface area is 143 Å². The molecule has 0 aliphatic carbocycles. The van der Waals surface area contributed by atoms with Gasteiger partial charge >= 0.3 is 0 Å². The molecule has 0 aliphatic heterocycles. The van der Waals surface area contributed by atoms with E-state index in [1.54, 1.807) is 13.1 Å². The van der Waals surface area contributed by atoms with Gasteiger partial charge in [-0.05, 0) is 30.0 Å². The highest BCUT2D eigenvalue weighted by molar-refractivity contribution is 5.98. The summed E-state index contributed by atoms with van der Waals surface area (Å²) in [4.78, 5) is 4.22. The summed E-state index contributed by atoms with van der Waals surface area (Å²) in [7, 11) is 0. The van der Waals surface area contributed by atoms with Crippen LogP contribution in [0.4, 0.5) is 5.82 Å². The van der Waals surface area contributed by atoms with Crippen molar-refractivity contribution in [2.45, 2.75) is 6.92 Å². The van der Waals surface area contributed by atoms with Crippen molar-refractivity contribution in [2.75, 3.05) is 5.73 Å². The van der Waals surface area contributed by atoms with Crippen molar-refractivity contribution in [3.63, 3.8) is 0 Å². The zero-order valence-corrected chi connectivity index (χ0v) is 13.5. The van der Waals surface area contributed by atoms with Gasteiger partial charge in [0, 0.05) is 22.9 Å². The molecule has 0 aliphatic rings. The van der Waals surface area contributed by atoms with Crippen LogP contribution in [0.15, 0.2) is 59.1 Å². The quantitative estimate of drug-likeness (QED) is 0.555. The van der Waals surface area contributed by atoms with Gasteiger partial charge in [-0.2, -0.15) is 0 Å². The first-order valence-corrected chi connectivity index (χ1v) is 7.76. The van der Waals surface area contributed by atoms with E-state index in [1.165, 1.54) is 0 Å². The van der Waals surface area contributed by atoms with Crippen molar-refractivity contribution in [3.05, 3.63) is 60.3 Å². The van der Waals surface area contributed by atoms with E-state index < -0.39 is 0 Å². The number of pyridine rings is 1. The van der Waals surface area contributed by atoms with E-state index in [0.717, 1.165) is 21.9 Å². The molecule has 0 radical (unpaired) electrons. The Balaban J connectivity index is 1.80. The van der Waals surface area contributed by atoms with E-state index in [-0.39, 0.29) is 0 Å². The lowest BCUT2D eigenvalue weighted by atomic mass is 10.1. The first-order chi connectivity index (χ1) is 12.1. The van der Waals surface area contributed by atoms with E-state index in [2.05, 4.69) is 15.2 Å². The average molecular weight is 329 g/mol. The molecule has 122 valence electrons. The Bertz CT molecular complexity index is 1080. The highest BCUT2D eigenvalue weighted by Crippen LogP contribution is 2.33. The molecule has 0 fully saturated rings. The van der Waals surface area contributed by atoms with Crippen LogP contribution in [0, 0.1) is 5.41 Å². The molecule has 6 nitrogen and oxygen atoms in total. The van der Waals surface area contributed by atoms with Crippen molar-refractivity contribution in [3.8, 4) is 22.9 Å². The lowest BCUT2D eigenvalue weighted by molar-refractivity contribution is 0.585. The van der Waals surface area contributed by atoms with Gasteiger partial charge in [-0.1, -0.05) is 36.4 Å². The first-order valence-electron chi connectivity index (χ1n) is 7.76. The van der Waals surface area contributed by atoms with Crippen LogP contribution in [0.2, 0.25) is 0 Å². The molecular weight excluding hydrogens is 314 g/mol. The summed E-state index contributed by atoms with van der Waals surface area (Å²) in [5, 5.41) is 17.8. The first kappa shape index (κ1) is 15.0. The molecule has 2 heterocycles. The number of nitrogens with zero attached hydrogens (tertiary/aromatic N) is 3. The zero-order chi connectivity index (χ0) is 17.4. The molecule has 0 amide bonds. The third-order valence-corrected chi connectivity index (χ3v) is 4.03. The molecule has 0 saturated carbocycles. The van der Waals surface area contributed by atoms with Gasteiger partial charge in [-0.3, -0.25) is 0 Å². The molecule has 3 N–H and O–H groups in total. The summed E-state index contributed by atoms with van der Waals surface area (Å²) in [5.41, 5.74) is 8.85. The van der Waals surface area contributed by atoms with E-state index in [1.807, 2.05) is 48.5 Å². The van der Waals surface area contributed by atoms with Crippen LogP contribution in [0.25, 0.3) is 33.7 Å². The molecule has 0 saturated heterocycles. The van der Waals surface area contributed by atoms with Gasteiger partial charge in [0.05, 0.1) is 5.56 Å². The number of hydrogen-bond donors (Lipinski definition) is 2. The molecule has 0 spiro atoms. The van der Waals surface area contributed by atoms with E-state index in [4.69, 9.17) is 15.6 Å². The third kappa shape index (κ3) is 2.63. The van der Waals surface area contributed by atoms with Crippen LogP contribution in [-0.2, 0) is 0 Å². The van der Waals surface area contributed by atoms with E-state index >= 15 is 0 Å². The van der Waals surface area contributed by atoms with E-state index in [9.17, 15) is 0 Å². The molecule has 2 aromatic heterocycles. The Hall–Kier alpha value is -3.54. The van der Waals surface area contributed by atoms with Crippen LogP contribution in [0.3, 0.4) is 0 Å². The largest absolute Gasteiger partial charge is 0.416 e. The molecular formula is C19H15N5O. The molecule has 0 unspecified atom stereocenters. The van der Waals surface area contributed by atoms with Gasteiger partial charge in [0.1, 0.15) is 5.82 Å². The van der Waals surface area contributed by atoms with Gasteiger partial charge in [-0.15, -0.1) is 10.2 Å². The fourth-order valence-electron chi connectivity index (χ4n) is 2.71. The van der Waals surface area contributed by atoms with Crippen molar-refractivity contribution in [1.82, 2.24) is 15.2 Å². The maximum Gasteiger partial charge on any atom is 0.252 e. The minimum atomic E-state index is 0.337. The fraction of sp³-hybridized carbons (Fsp3) is 0.0526. The van der Waals surface area contributed by atoms with Crippen LogP contribution in [0.5, 0.6) is 0 Å². The number of rotatable bonds is 3. The van der Waals surface area contributed by atoms with Crippen LogP contribution < -0.4 is 5.73 Å². The van der Waals surface area contributed by atoms with Crippen molar-refractivity contribution >= 4 is 22.3 Å². The number of nitrogen functional groups attached to an aromatic ring is 1. The predicted molar refractivity (Wildman–Crippen MR) is 97.4 cm³/mol. The third-order valence-electron chi connectivity index (χ3n) is 4.03. The van der Waals surface area contributed by atoms with Crippen LogP contribution in [0.1, 0.15) is 12.5 Å². The second kappa shape index (κ2) is 5.83. The molecule has 4 aromatic rings. The van der Waals surface area contributed by atoms with E-state index in [0.29, 0.717) is 28.9 Å². The highest BCUT2D eigenvalue weighted by Gasteiger charge is 2.17. The van der Waals surface area contributed by atoms with Gasteiger partial charge in [0.2, 0.25) is 5.89 Å². The Morgan fingerprint density at radius 1 is 1.00 bits per heavy atom. The maximum absolute atomic E-state index is 7.65. The molecule has 2 aromatic carbocycles. The molecule has 0 bridgehead atoms. The second-order valence-corrected chi connectivity index (χ2v) is 5.72. The summed E-state index contributed by atoms with van der Waals surface area (Å²) < 4.78 is 5.85. The molecule has 4 rings (SSSR count). The standard InChI is InChI=1S/C19H15N5O/c1-11(20)12-6-8-13(9-7-12)18-23-24-19(25-18)16-15-5-3-2-4-14(15)10-22-17(16)21/h2-10,20H,1H3,(H2,21,22). The SMILES string of the molecule is CC(=N)c1ccc(-c2nnc(-c3c(N)ncc4ccccc34)o2)cc1. The number of nitrogens with one attached hydrogen (secondary N) is 1. The fourth-order valence-corrected chi connectivity index (χ4v) is 2.71.